The summed E-state index contributed by atoms with van der Waals surface area (Å²) in [5.74, 6) is 0.00426. The van der Waals surface area contributed by atoms with Crippen molar-refractivity contribution in [3.8, 4) is 11.5 Å². The Morgan fingerprint density at radius 2 is 1.75 bits per heavy atom. The molecule has 3 rings (SSSR count). The molecule has 1 unspecified atom stereocenters. The molecule has 2 aromatic carbocycles. The average molecular weight is 384 g/mol. The highest BCUT2D eigenvalue weighted by Crippen LogP contribution is 2.16. The van der Waals surface area contributed by atoms with Gasteiger partial charge in [0.1, 0.15) is 18.1 Å². The number of esters is 2. The molecule has 0 bridgehead atoms. The van der Waals surface area contributed by atoms with Gasteiger partial charge in [0.15, 0.2) is 6.61 Å². The third kappa shape index (κ3) is 5.82. The van der Waals surface area contributed by atoms with Crippen molar-refractivity contribution in [1.82, 2.24) is 0 Å². The minimum Gasteiger partial charge on any atom is -0.482 e. The number of hydrogen-bond acceptors (Lipinski definition) is 6. The Kier molecular flexibility index (Phi) is 7.03. The van der Waals surface area contributed by atoms with Crippen LogP contribution in [0.5, 0.6) is 11.5 Å². The van der Waals surface area contributed by atoms with Gasteiger partial charge >= 0.3 is 11.9 Å². The van der Waals surface area contributed by atoms with Gasteiger partial charge in [0.05, 0.1) is 11.7 Å². The van der Waals surface area contributed by atoms with Gasteiger partial charge in [0.2, 0.25) is 0 Å². The third-order valence-corrected chi connectivity index (χ3v) is 4.43. The van der Waals surface area contributed by atoms with E-state index in [-0.39, 0.29) is 19.3 Å². The summed E-state index contributed by atoms with van der Waals surface area (Å²) >= 11 is 0. The lowest BCUT2D eigenvalue weighted by Crippen LogP contribution is -2.18. The highest BCUT2D eigenvalue weighted by molar-refractivity contribution is 5.89. The van der Waals surface area contributed by atoms with Crippen LogP contribution in [0.15, 0.2) is 48.5 Å². The molecule has 0 aliphatic carbocycles. The molecule has 1 heterocycles. The van der Waals surface area contributed by atoms with Crippen molar-refractivity contribution in [3.63, 3.8) is 0 Å². The zero-order valence-electron chi connectivity index (χ0n) is 15.9. The van der Waals surface area contributed by atoms with Gasteiger partial charge in [-0.15, -0.1) is 0 Å². The molecule has 1 aliphatic rings. The molecule has 0 spiro atoms. The number of aryl methyl sites for hydroxylation is 1. The predicted molar refractivity (Wildman–Crippen MR) is 103 cm³/mol. The van der Waals surface area contributed by atoms with Gasteiger partial charge in [0.25, 0.3) is 0 Å². The number of benzene rings is 2. The normalized spacial score (nSPS) is 15.8. The Bertz CT molecular complexity index is 776. The molecule has 0 radical (unpaired) electrons. The van der Waals surface area contributed by atoms with Crippen LogP contribution in [0, 0.1) is 0 Å². The van der Waals surface area contributed by atoms with E-state index >= 15 is 0 Å². The summed E-state index contributed by atoms with van der Waals surface area (Å²) in [5.41, 5.74) is 1.59. The first-order valence-electron chi connectivity index (χ1n) is 9.45. The topological polar surface area (TPSA) is 71.1 Å². The van der Waals surface area contributed by atoms with E-state index in [0.29, 0.717) is 17.1 Å². The Morgan fingerprint density at radius 1 is 1.04 bits per heavy atom. The SMILES string of the molecule is CCc1ccc(OCC(=O)Oc2ccc(C(=O)OCC3CCCO3)cc2)cc1. The van der Waals surface area contributed by atoms with E-state index < -0.39 is 11.9 Å². The number of hydrogen-bond donors (Lipinski definition) is 0. The summed E-state index contributed by atoms with van der Waals surface area (Å²) in [5, 5.41) is 0. The van der Waals surface area contributed by atoms with Crippen molar-refractivity contribution < 1.29 is 28.5 Å². The van der Waals surface area contributed by atoms with Crippen LogP contribution < -0.4 is 9.47 Å². The molecule has 1 atom stereocenters. The van der Waals surface area contributed by atoms with Crippen LogP contribution in [0.4, 0.5) is 0 Å². The van der Waals surface area contributed by atoms with Gasteiger partial charge in [0, 0.05) is 6.61 Å². The molecule has 1 aliphatic heterocycles. The van der Waals surface area contributed by atoms with E-state index in [2.05, 4.69) is 6.92 Å². The highest BCUT2D eigenvalue weighted by atomic mass is 16.6. The van der Waals surface area contributed by atoms with Gasteiger partial charge in [-0.1, -0.05) is 19.1 Å². The van der Waals surface area contributed by atoms with Gasteiger partial charge in [-0.3, -0.25) is 0 Å². The van der Waals surface area contributed by atoms with Gasteiger partial charge < -0.3 is 18.9 Å². The fourth-order valence-corrected chi connectivity index (χ4v) is 2.81. The smallest absolute Gasteiger partial charge is 0.349 e. The second-order valence-corrected chi connectivity index (χ2v) is 6.52. The lowest BCUT2D eigenvalue weighted by molar-refractivity contribution is -0.136. The molecular weight excluding hydrogens is 360 g/mol. The summed E-state index contributed by atoms with van der Waals surface area (Å²) in [4.78, 5) is 24.0. The molecule has 0 amide bonds. The number of ether oxygens (including phenoxy) is 4. The number of carbonyl (C=O) groups is 2. The van der Waals surface area contributed by atoms with E-state index in [1.54, 1.807) is 24.3 Å². The standard InChI is InChI=1S/C22H24O6/c1-2-16-5-9-18(10-6-16)26-15-21(23)28-19-11-7-17(8-12-19)22(24)27-14-20-4-3-13-25-20/h5-12,20H,2-4,13-15H2,1H3. The van der Waals surface area contributed by atoms with E-state index in [9.17, 15) is 9.59 Å². The van der Waals surface area contributed by atoms with Crippen LogP contribution in [0.3, 0.4) is 0 Å². The summed E-state index contributed by atoms with van der Waals surface area (Å²) in [6.45, 7) is 2.85. The predicted octanol–water partition coefficient (Wildman–Crippen LogP) is 3.57. The zero-order chi connectivity index (χ0) is 19.8. The molecule has 148 valence electrons. The maximum absolute atomic E-state index is 12.0. The van der Waals surface area contributed by atoms with E-state index in [0.717, 1.165) is 25.9 Å². The summed E-state index contributed by atoms with van der Waals surface area (Å²) in [7, 11) is 0. The second-order valence-electron chi connectivity index (χ2n) is 6.52. The first-order chi connectivity index (χ1) is 13.6. The second kappa shape index (κ2) is 9.90. The molecule has 6 heteroatoms. The molecule has 28 heavy (non-hydrogen) atoms. The number of carbonyl (C=O) groups excluding carboxylic acids is 2. The molecule has 1 fully saturated rings. The van der Waals surface area contributed by atoms with Gasteiger partial charge in [-0.25, -0.2) is 9.59 Å². The Morgan fingerprint density at radius 3 is 2.39 bits per heavy atom. The van der Waals surface area contributed by atoms with Crippen LogP contribution in [0.2, 0.25) is 0 Å². The van der Waals surface area contributed by atoms with Crippen molar-refractivity contribution in [2.75, 3.05) is 19.8 Å². The molecule has 0 N–H and O–H groups in total. The maximum Gasteiger partial charge on any atom is 0.349 e. The van der Waals surface area contributed by atoms with Crippen LogP contribution in [0.1, 0.15) is 35.7 Å². The van der Waals surface area contributed by atoms with Gasteiger partial charge in [-0.2, -0.15) is 0 Å². The van der Waals surface area contributed by atoms with E-state index in [1.165, 1.54) is 5.56 Å². The lowest BCUT2D eigenvalue weighted by Gasteiger charge is -2.10. The average Bonchev–Trinajstić information content (AvgIpc) is 3.25. The first kappa shape index (κ1) is 19.9. The van der Waals surface area contributed by atoms with Crippen LogP contribution in [0.25, 0.3) is 0 Å². The van der Waals surface area contributed by atoms with Crippen molar-refractivity contribution >= 4 is 11.9 Å². The molecule has 0 saturated carbocycles. The van der Waals surface area contributed by atoms with E-state index in [4.69, 9.17) is 18.9 Å². The van der Waals surface area contributed by atoms with Crippen LogP contribution in [-0.2, 0) is 20.7 Å². The summed E-state index contributed by atoms with van der Waals surface area (Å²) < 4.78 is 21.3. The van der Waals surface area contributed by atoms with Crippen LogP contribution in [-0.4, -0.2) is 37.9 Å². The van der Waals surface area contributed by atoms with Crippen molar-refractivity contribution in [2.45, 2.75) is 32.3 Å². The largest absolute Gasteiger partial charge is 0.482 e. The Balaban J connectivity index is 1.43. The monoisotopic (exact) mass is 384 g/mol. The van der Waals surface area contributed by atoms with Crippen LogP contribution >= 0.6 is 0 Å². The van der Waals surface area contributed by atoms with Crippen molar-refractivity contribution in [3.05, 3.63) is 59.7 Å². The first-order valence-corrected chi connectivity index (χ1v) is 9.45. The maximum atomic E-state index is 12.0. The van der Waals surface area contributed by atoms with Gasteiger partial charge in [-0.05, 0) is 61.2 Å². The molecular formula is C22H24O6. The highest BCUT2D eigenvalue weighted by Gasteiger charge is 2.18. The summed E-state index contributed by atoms with van der Waals surface area (Å²) in [6, 6.07) is 13.8. The summed E-state index contributed by atoms with van der Waals surface area (Å²) in [6.07, 6.45) is 2.84. The minimum atomic E-state index is -0.520. The Hall–Kier alpha value is -2.86. The third-order valence-electron chi connectivity index (χ3n) is 4.43. The fourth-order valence-electron chi connectivity index (χ4n) is 2.81. The quantitative estimate of drug-likeness (QED) is 0.512. The fraction of sp³-hybridized carbons (Fsp3) is 0.364. The van der Waals surface area contributed by atoms with Crippen molar-refractivity contribution in [1.29, 1.82) is 0 Å². The number of rotatable bonds is 8. The minimum absolute atomic E-state index is 0.0117. The zero-order valence-corrected chi connectivity index (χ0v) is 15.9. The van der Waals surface area contributed by atoms with E-state index in [1.807, 2.05) is 24.3 Å². The molecule has 6 nitrogen and oxygen atoms in total. The Labute approximate surface area is 164 Å². The van der Waals surface area contributed by atoms with Crippen molar-refractivity contribution in [2.24, 2.45) is 0 Å². The lowest BCUT2D eigenvalue weighted by atomic mass is 10.2. The molecule has 0 aromatic heterocycles. The molecule has 1 saturated heterocycles. The molecule has 2 aromatic rings.